The molecule has 0 spiro atoms. The Labute approximate surface area is 126 Å². The fraction of sp³-hybridized carbons (Fsp3) is 0.0769. The Balaban J connectivity index is 2.11. The minimum absolute atomic E-state index is 0.201. The number of halogens is 3. The van der Waals surface area contributed by atoms with E-state index in [-0.39, 0.29) is 5.82 Å². The van der Waals surface area contributed by atoms with Crippen LogP contribution >= 0.6 is 43.6 Å². The van der Waals surface area contributed by atoms with Gasteiger partial charge in [-0.2, -0.15) is 0 Å². The highest BCUT2D eigenvalue weighted by atomic mass is 79.9. The summed E-state index contributed by atoms with van der Waals surface area (Å²) in [5, 5.41) is 0. The van der Waals surface area contributed by atoms with Crippen LogP contribution in [-0.4, -0.2) is 0 Å². The third-order valence-electron chi connectivity index (χ3n) is 2.37. The Morgan fingerprint density at radius 3 is 2.39 bits per heavy atom. The van der Waals surface area contributed by atoms with Gasteiger partial charge in [0.05, 0.1) is 0 Å². The number of benzene rings is 2. The molecule has 0 atom stereocenters. The van der Waals surface area contributed by atoms with Crippen molar-refractivity contribution in [1.82, 2.24) is 0 Å². The zero-order valence-corrected chi connectivity index (χ0v) is 13.3. The molecule has 0 aliphatic heterocycles. The monoisotopic (exact) mass is 389 g/mol. The molecule has 0 saturated heterocycles. The largest absolute Gasteiger partial charge is 0.398 e. The lowest BCUT2D eigenvalue weighted by Crippen LogP contribution is -1.91. The highest BCUT2D eigenvalue weighted by Crippen LogP contribution is 2.31. The lowest BCUT2D eigenvalue weighted by atomic mass is 10.2. The first-order valence-electron chi connectivity index (χ1n) is 5.18. The summed E-state index contributed by atoms with van der Waals surface area (Å²) in [7, 11) is 0. The topological polar surface area (TPSA) is 26.0 Å². The minimum atomic E-state index is -0.201. The van der Waals surface area contributed by atoms with Crippen LogP contribution in [0.5, 0.6) is 0 Å². The number of thioether (sulfide) groups is 1. The van der Waals surface area contributed by atoms with Gasteiger partial charge in [0.1, 0.15) is 5.82 Å². The third-order valence-corrected chi connectivity index (χ3v) is 4.49. The standard InChI is InChI=1S/C13H10Br2FNS/c14-9-2-1-8(11(16)5-9)7-18-13-4-3-10(15)6-12(13)17/h1-6H,7,17H2. The number of nitrogen functional groups attached to an aromatic ring is 1. The number of rotatable bonds is 3. The molecule has 0 bridgehead atoms. The van der Waals surface area contributed by atoms with E-state index in [1.54, 1.807) is 6.07 Å². The predicted molar refractivity (Wildman–Crippen MR) is 82.2 cm³/mol. The van der Waals surface area contributed by atoms with Gasteiger partial charge in [0, 0.05) is 25.3 Å². The van der Waals surface area contributed by atoms with E-state index in [1.165, 1.54) is 17.8 Å². The highest BCUT2D eigenvalue weighted by Gasteiger charge is 2.06. The van der Waals surface area contributed by atoms with E-state index in [9.17, 15) is 4.39 Å². The molecule has 0 aliphatic rings. The molecule has 2 N–H and O–H groups in total. The highest BCUT2D eigenvalue weighted by molar-refractivity contribution is 9.10. The van der Waals surface area contributed by atoms with Gasteiger partial charge in [-0.3, -0.25) is 0 Å². The van der Waals surface area contributed by atoms with Crippen LogP contribution < -0.4 is 5.73 Å². The Bertz CT molecular complexity index is 523. The summed E-state index contributed by atoms with van der Waals surface area (Å²) < 4.78 is 15.3. The Morgan fingerprint density at radius 1 is 1.06 bits per heavy atom. The van der Waals surface area contributed by atoms with Gasteiger partial charge in [0.15, 0.2) is 0 Å². The van der Waals surface area contributed by atoms with E-state index in [0.717, 1.165) is 13.8 Å². The molecule has 0 unspecified atom stereocenters. The normalized spacial score (nSPS) is 10.6. The Morgan fingerprint density at radius 2 is 1.72 bits per heavy atom. The Hall–Kier alpha value is -0.520. The van der Waals surface area contributed by atoms with Crippen LogP contribution in [-0.2, 0) is 5.75 Å². The van der Waals surface area contributed by atoms with E-state index in [0.29, 0.717) is 17.0 Å². The molecule has 0 radical (unpaired) electrons. The molecule has 0 aliphatic carbocycles. The first-order chi connectivity index (χ1) is 8.56. The molecule has 2 aromatic rings. The van der Waals surface area contributed by atoms with Gasteiger partial charge in [0.2, 0.25) is 0 Å². The van der Waals surface area contributed by atoms with Gasteiger partial charge in [-0.15, -0.1) is 11.8 Å². The van der Waals surface area contributed by atoms with E-state index in [4.69, 9.17) is 5.73 Å². The van der Waals surface area contributed by atoms with Gasteiger partial charge >= 0.3 is 0 Å². The molecule has 2 rings (SSSR count). The SMILES string of the molecule is Nc1cc(Br)ccc1SCc1ccc(Br)cc1F. The molecule has 0 amide bonds. The quantitative estimate of drug-likeness (QED) is 0.573. The molecule has 0 saturated carbocycles. The third kappa shape index (κ3) is 3.49. The summed E-state index contributed by atoms with van der Waals surface area (Å²) in [6, 6.07) is 10.8. The van der Waals surface area contributed by atoms with Crippen LogP contribution in [0.4, 0.5) is 10.1 Å². The van der Waals surface area contributed by atoms with Gasteiger partial charge in [0.25, 0.3) is 0 Å². The van der Waals surface area contributed by atoms with Gasteiger partial charge < -0.3 is 5.73 Å². The molecule has 5 heteroatoms. The van der Waals surface area contributed by atoms with Gasteiger partial charge in [-0.25, -0.2) is 4.39 Å². The second-order valence-electron chi connectivity index (χ2n) is 3.71. The van der Waals surface area contributed by atoms with Crippen LogP contribution in [0.25, 0.3) is 0 Å². The van der Waals surface area contributed by atoms with Gasteiger partial charge in [-0.05, 0) is 35.9 Å². The predicted octanol–water partition coefficient (Wildman–Crippen LogP) is 5.23. The van der Waals surface area contributed by atoms with E-state index >= 15 is 0 Å². The van der Waals surface area contributed by atoms with Crippen LogP contribution in [0.3, 0.4) is 0 Å². The lowest BCUT2D eigenvalue weighted by Gasteiger charge is -2.07. The van der Waals surface area contributed by atoms with Crippen molar-refractivity contribution in [2.24, 2.45) is 0 Å². The van der Waals surface area contributed by atoms with Crippen LogP contribution in [0.2, 0.25) is 0 Å². The average molecular weight is 391 g/mol. The lowest BCUT2D eigenvalue weighted by molar-refractivity contribution is 0.616. The second kappa shape index (κ2) is 6.08. The molecular weight excluding hydrogens is 381 g/mol. The Kier molecular flexibility index (Phi) is 4.70. The zero-order valence-electron chi connectivity index (χ0n) is 9.29. The molecule has 0 fully saturated rings. The van der Waals surface area contributed by atoms with Crippen molar-refractivity contribution in [2.75, 3.05) is 5.73 Å². The van der Waals surface area contributed by atoms with E-state index < -0.39 is 0 Å². The number of nitrogens with two attached hydrogens (primary N) is 1. The number of hydrogen-bond donors (Lipinski definition) is 1. The molecule has 0 aromatic heterocycles. The van der Waals surface area contributed by atoms with E-state index in [1.807, 2.05) is 24.3 Å². The zero-order chi connectivity index (χ0) is 13.1. The van der Waals surface area contributed by atoms with Crippen LogP contribution in [0.15, 0.2) is 50.2 Å². The maximum absolute atomic E-state index is 13.6. The fourth-order valence-corrected chi connectivity index (χ4v) is 3.09. The fourth-order valence-electron chi connectivity index (χ4n) is 1.45. The van der Waals surface area contributed by atoms with Crippen LogP contribution in [0.1, 0.15) is 5.56 Å². The maximum atomic E-state index is 13.6. The first-order valence-corrected chi connectivity index (χ1v) is 7.75. The maximum Gasteiger partial charge on any atom is 0.128 e. The summed E-state index contributed by atoms with van der Waals surface area (Å²) in [5.41, 5.74) is 7.27. The van der Waals surface area contributed by atoms with Crippen molar-refractivity contribution in [3.05, 3.63) is 56.7 Å². The molecule has 2 aromatic carbocycles. The molecular formula is C13H10Br2FNS. The molecule has 0 heterocycles. The van der Waals surface area contributed by atoms with Gasteiger partial charge in [-0.1, -0.05) is 37.9 Å². The smallest absolute Gasteiger partial charge is 0.128 e. The average Bonchev–Trinajstić information content (AvgIpc) is 2.30. The number of hydrogen-bond acceptors (Lipinski definition) is 2. The summed E-state index contributed by atoms with van der Waals surface area (Å²) in [6.45, 7) is 0. The molecule has 94 valence electrons. The molecule has 18 heavy (non-hydrogen) atoms. The number of anilines is 1. The molecule has 1 nitrogen and oxygen atoms in total. The summed E-state index contributed by atoms with van der Waals surface area (Å²) in [5.74, 6) is 0.359. The van der Waals surface area contributed by atoms with Crippen molar-refractivity contribution in [3.8, 4) is 0 Å². The second-order valence-corrected chi connectivity index (χ2v) is 6.56. The first kappa shape index (κ1) is 13.9. The summed E-state index contributed by atoms with van der Waals surface area (Å²) >= 11 is 8.12. The minimum Gasteiger partial charge on any atom is -0.398 e. The van der Waals surface area contributed by atoms with Crippen molar-refractivity contribution in [3.63, 3.8) is 0 Å². The van der Waals surface area contributed by atoms with Crippen molar-refractivity contribution >= 4 is 49.3 Å². The van der Waals surface area contributed by atoms with E-state index in [2.05, 4.69) is 31.9 Å². The summed E-state index contributed by atoms with van der Waals surface area (Å²) in [6.07, 6.45) is 0. The van der Waals surface area contributed by atoms with Crippen molar-refractivity contribution in [2.45, 2.75) is 10.6 Å². The van der Waals surface area contributed by atoms with Crippen molar-refractivity contribution < 1.29 is 4.39 Å². The van der Waals surface area contributed by atoms with Crippen molar-refractivity contribution in [1.29, 1.82) is 0 Å². The summed E-state index contributed by atoms with van der Waals surface area (Å²) in [4.78, 5) is 0.959. The van der Waals surface area contributed by atoms with Crippen LogP contribution in [0, 0.1) is 5.82 Å².